The number of carbonyl (C=O) groups excluding carboxylic acids is 3. The molecule has 18 heteroatoms. The number of allylic oxidation sites excluding steroid dienone is 32. The van der Waals surface area contributed by atoms with Crippen molar-refractivity contribution in [3.8, 4) is 0 Å². The Morgan fingerprint density at radius 3 is 0.743 bits per heavy atom. The summed E-state index contributed by atoms with van der Waals surface area (Å²) in [7, 11) is -9.83. The number of hydrogen-bond acceptors (Lipinski definition) is 14. The van der Waals surface area contributed by atoms with E-state index in [1.54, 1.807) is 0 Å². The van der Waals surface area contributed by atoms with Crippen molar-refractivity contribution in [2.24, 2.45) is 0 Å². The average Bonchev–Trinajstić information content (AvgIpc) is 0.906. The molecule has 0 aliphatic carbocycles. The molecule has 0 aliphatic rings. The number of rotatable bonds is 81. The van der Waals surface area contributed by atoms with Crippen LogP contribution in [-0.2, 0) is 55.8 Å². The molecule has 0 radical (unpaired) electrons. The van der Waals surface area contributed by atoms with Crippen LogP contribution in [0, 0.1) is 0 Å². The van der Waals surface area contributed by atoms with Crippen LogP contribution in [0.25, 0.3) is 0 Å². The number of ether oxygens (including phenoxy) is 3. The minimum atomic E-state index is -4.96. The summed E-state index contributed by atoms with van der Waals surface area (Å²) in [6.45, 7) is 2.39. The van der Waals surface area contributed by atoms with E-state index in [2.05, 4.69) is 215 Å². The van der Waals surface area contributed by atoms with Gasteiger partial charge in [-0.05, 0) is 167 Å². The first-order chi connectivity index (χ1) is 55.2. The molecule has 5 unspecified atom stereocenters. The Morgan fingerprint density at radius 1 is 0.257 bits per heavy atom. The summed E-state index contributed by atoms with van der Waals surface area (Å²) in [5.74, 6) is -1.62. The van der Waals surface area contributed by atoms with Gasteiger partial charge in [-0.1, -0.05) is 337 Å². The van der Waals surface area contributed by atoms with E-state index in [-0.39, 0.29) is 19.3 Å². The third-order valence-electron chi connectivity index (χ3n) is 17.8. The lowest BCUT2D eigenvalue weighted by Crippen LogP contribution is -2.30. The van der Waals surface area contributed by atoms with Crippen molar-refractivity contribution in [3.05, 3.63) is 194 Å². The highest BCUT2D eigenvalue weighted by Gasteiger charge is 2.29. The lowest BCUT2D eigenvalue weighted by Gasteiger charge is -2.21. The van der Waals surface area contributed by atoms with Gasteiger partial charge in [-0.15, -0.1) is 0 Å². The van der Waals surface area contributed by atoms with Crippen molar-refractivity contribution in [2.75, 3.05) is 39.6 Å². The van der Waals surface area contributed by atoms with Crippen LogP contribution in [0.2, 0.25) is 0 Å². The zero-order valence-electron chi connectivity index (χ0n) is 70.5. The van der Waals surface area contributed by atoms with Crippen LogP contribution >= 0.6 is 15.6 Å². The third-order valence-corrected chi connectivity index (χ3v) is 19.7. The molecule has 0 rings (SSSR count). The van der Waals surface area contributed by atoms with Crippen molar-refractivity contribution >= 4 is 33.6 Å². The van der Waals surface area contributed by atoms with Crippen LogP contribution in [0.15, 0.2) is 194 Å². The Balaban J connectivity index is 4.74. The molecule has 0 saturated heterocycles. The minimum absolute atomic E-state index is 0.0750. The van der Waals surface area contributed by atoms with Gasteiger partial charge in [0.15, 0.2) is 6.10 Å². The molecule has 0 saturated carbocycles. The molecule has 642 valence electrons. The number of phosphoric acid groups is 2. The smallest absolute Gasteiger partial charge is 0.463 e. The lowest BCUT2D eigenvalue weighted by molar-refractivity contribution is -0.161. The predicted molar refractivity (Wildman–Crippen MR) is 472 cm³/mol. The molecule has 0 fully saturated rings. The molecule has 5 atom stereocenters. The molecule has 113 heavy (non-hydrogen) atoms. The summed E-state index contributed by atoms with van der Waals surface area (Å²) < 4.78 is 61.4. The highest BCUT2D eigenvalue weighted by atomic mass is 31.2. The quantitative estimate of drug-likeness (QED) is 0.0146. The van der Waals surface area contributed by atoms with E-state index in [1.165, 1.54) is 70.6 Å². The fourth-order valence-corrected chi connectivity index (χ4v) is 12.8. The van der Waals surface area contributed by atoms with E-state index < -0.39 is 91.5 Å². The van der Waals surface area contributed by atoms with Crippen molar-refractivity contribution in [2.45, 2.75) is 347 Å². The maximum Gasteiger partial charge on any atom is 0.472 e. The standard InChI is InChI=1S/C95H156O16P2/c1-4-7-10-13-16-19-22-25-28-31-34-37-40-43-44-47-49-51-54-57-60-63-66-69-72-75-78-81-93(98)105-84-90(96)85-107-112(101,102)108-86-91(97)87-109-113(103,104)110-89-92(111-95(100)83-80-77-74-71-68-65-62-59-56-53-50-46-42-39-36-33-30-27-24-21-18-15-12-9-6-3)88-106-94(99)82-79-76-73-70-67-64-61-58-55-52-48-45-41-38-35-32-29-26-23-20-17-14-11-8-5-2/h8-9,11-12,16-21,25-30,34-39,43-46,48,50,55-56,58-59,90-92,96-97H,4-7,10,13-15,22-24,31-33,40-42,47,49,51-54,57,60-89H2,1-3H3,(H,101,102)(H,103,104)/b11-8-,12-9-,19-16-,20-17-,21-18-,28-25-,29-26-,30-27-,37-34-,38-35-,39-36-,44-43-,48-45-,50-46-,58-55-,59-56-. The fraction of sp³-hybridized carbons (Fsp3) is 0.632. The van der Waals surface area contributed by atoms with Crippen LogP contribution in [0.1, 0.15) is 329 Å². The third kappa shape index (κ3) is 87.1. The second-order valence-electron chi connectivity index (χ2n) is 28.6. The van der Waals surface area contributed by atoms with E-state index in [9.17, 15) is 43.5 Å². The molecule has 16 nitrogen and oxygen atoms in total. The zero-order chi connectivity index (χ0) is 82.2. The summed E-state index contributed by atoms with van der Waals surface area (Å²) in [4.78, 5) is 58.9. The number of unbranched alkanes of at least 4 members (excludes halogenated alkanes) is 26. The van der Waals surface area contributed by atoms with Crippen LogP contribution in [0.4, 0.5) is 0 Å². The molecule has 0 aromatic heterocycles. The number of carbonyl (C=O) groups is 3. The van der Waals surface area contributed by atoms with Crippen molar-refractivity contribution < 1.29 is 75.8 Å². The van der Waals surface area contributed by atoms with Gasteiger partial charge in [0.1, 0.15) is 25.4 Å². The zero-order valence-corrected chi connectivity index (χ0v) is 72.3. The van der Waals surface area contributed by atoms with Crippen molar-refractivity contribution in [3.63, 3.8) is 0 Å². The molecule has 4 N–H and O–H groups in total. The van der Waals surface area contributed by atoms with Crippen molar-refractivity contribution in [1.82, 2.24) is 0 Å². The second-order valence-corrected chi connectivity index (χ2v) is 31.5. The SMILES string of the molecule is CC/C=C\C/C=C\C/C=C\C/C=C\C/C=C\C/C=C\CCCCCCCCC(=O)OCC(COP(=O)(O)OCC(O)COP(=O)(O)OCC(O)COC(=O)CCCCCCCCCCCCC/C=C\C/C=C\C/C=C\C/C=C\CCCCC)OC(=O)CCCCCCCC/C=C\C/C=C\C/C=C\C/C=C\C/C=C\C/C=C\CC. The first-order valence-corrected chi connectivity index (χ1v) is 46.7. The Bertz CT molecular complexity index is 2830. The number of hydrogen-bond donors (Lipinski definition) is 4. The molecule has 0 amide bonds. The second kappa shape index (κ2) is 85.8. The fourth-order valence-electron chi connectivity index (χ4n) is 11.2. The van der Waals surface area contributed by atoms with E-state index in [1.807, 2.05) is 0 Å². The van der Waals surface area contributed by atoms with Gasteiger partial charge in [-0.3, -0.25) is 32.5 Å². The first kappa shape index (κ1) is 107. The average molecular weight is 1620 g/mol. The Hall–Kier alpha value is -5.61. The van der Waals surface area contributed by atoms with Crippen LogP contribution in [0.3, 0.4) is 0 Å². The van der Waals surface area contributed by atoms with Crippen LogP contribution < -0.4 is 0 Å². The first-order valence-electron chi connectivity index (χ1n) is 43.7. The van der Waals surface area contributed by atoms with Gasteiger partial charge in [-0.2, -0.15) is 0 Å². The van der Waals surface area contributed by atoms with Crippen LogP contribution in [0.5, 0.6) is 0 Å². The largest absolute Gasteiger partial charge is 0.472 e. The van der Waals surface area contributed by atoms with Gasteiger partial charge in [0, 0.05) is 19.3 Å². The predicted octanol–water partition coefficient (Wildman–Crippen LogP) is 26.7. The highest BCUT2D eigenvalue weighted by molar-refractivity contribution is 7.47. The van der Waals surface area contributed by atoms with Gasteiger partial charge < -0.3 is 34.2 Å². The summed E-state index contributed by atoms with van der Waals surface area (Å²) >= 11 is 0. The minimum Gasteiger partial charge on any atom is -0.463 e. The van der Waals surface area contributed by atoms with E-state index in [0.717, 1.165) is 199 Å². The Kier molecular flexibility index (Phi) is 81.5. The molecule has 0 aromatic rings. The van der Waals surface area contributed by atoms with Gasteiger partial charge in [0.2, 0.25) is 0 Å². The maximum atomic E-state index is 13.1. The number of aliphatic hydroxyl groups excluding tert-OH is 2. The normalized spacial score (nSPS) is 14.8. The Morgan fingerprint density at radius 2 is 0.469 bits per heavy atom. The highest BCUT2D eigenvalue weighted by Crippen LogP contribution is 2.45. The lowest BCUT2D eigenvalue weighted by atomic mass is 10.0. The summed E-state index contributed by atoms with van der Waals surface area (Å²) in [5.41, 5.74) is 0. The number of aliphatic hydroxyl groups is 2. The monoisotopic (exact) mass is 1620 g/mol. The molecule has 0 spiro atoms. The van der Waals surface area contributed by atoms with Crippen LogP contribution in [-0.4, -0.2) is 95.9 Å². The molecule has 0 aliphatic heterocycles. The number of phosphoric ester groups is 2. The molecule has 0 heterocycles. The topological polar surface area (TPSA) is 231 Å². The summed E-state index contributed by atoms with van der Waals surface area (Å²) in [6.07, 6.45) is 113. The van der Waals surface area contributed by atoms with E-state index in [4.69, 9.17) is 32.3 Å². The summed E-state index contributed by atoms with van der Waals surface area (Å²) in [5, 5.41) is 20.7. The van der Waals surface area contributed by atoms with Gasteiger partial charge >= 0.3 is 33.6 Å². The number of esters is 3. The van der Waals surface area contributed by atoms with Gasteiger partial charge in [-0.25, -0.2) is 9.13 Å². The van der Waals surface area contributed by atoms with E-state index in [0.29, 0.717) is 19.3 Å². The molecule has 0 bridgehead atoms. The van der Waals surface area contributed by atoms with Gasteiger partial charge in [0.05, 0.1) is 26.4 Å². The molecule has 0 aromatic carbocycles. The van der Waals surface area contributed by atoms with E-state index >= 15 is 0 Å². The molecular formula is C95H156O16P2. The molecular weight excluding hydrogens is 1460 g/mol. The summed E-state index contributed by atoms with van der Waals surface area (Å²) in [6, 6.07) is 0. The Labute approximate surface area is 687 Å². The van der Waals surface area contributed by atoms with Crippen molar-refractivity contribution in [1.29, 1.82) is 0 Å². The van der Waals surface area contributed by atoms with Gasteiger partial charge in [0.25, 0.3) is 0 Å². The maximum absolute atomic E-state index is 13.1.